The first kappa shape index (κ1) is 16.1. The quantitative estimate of drug-likeness (QED) is 0.894. The number of rotatable bonds is 3. The van der Waals surface area contributed by atoms with Crippen LogP contribution in [0.15, 0.2) is 12.1 Å². The van der Waals surface area contributed by atoms with Gasteiger partial charge in [-0.1, -0.05) is 13.0 Å². The second-order valence-corrected chi connectivity index (χ2v) is 8.08. The van der Waals surface area contributed by atoms with Gasteiger partial charge in [0.2, 0.25) is 0 Å². The summed E-state index contributed by atoms with van der Waals surface area (Å²) in [5.41, 5.74) is 3.90. The van der Waals surface area contributed by atoms with Crippen LogP contribution in [0.25, 0.3) is 0 Å². The van der Waals surface area contributed by atoms with Gasteiger partial charge in [0.05, 0.1) is 0 Å². The third kappa shape index (κ3) is 2.40. The summed E-state index contributed by atoms with van der Waals surface area (Å²) in [4.78, 5) is 12.7. The molecule has 3 aliphatic carbocycles. The van der Waals surface area contributed by atoms with Gasteiger partial charge in [-0.15, -0.1) is 0 Å². The molecule has 3 nitrogen and oxygen atoms in total. The van der Waals surface area contributed by atoms with Crippen molar-refractivity contribution in [2.75, 3.05) is 13.6 Å². The van der Waals surface area contributed by atoms with Crippen molar-refractivity contribution in [3.05, 3.63) is 28.8 Å². The molecular weight excluding hydrogens is 298 g/mol. The molecule has 0 radical (unpaired) electrons. The minimum absolute atomic E-state index is 0.233. The highest BCUT2D eigenvalue weighted by molar-refractivity contribution is 5.86. The minimum atomic E-state index is 0.233. The van der Waals surface area contributed by atoms with Gasteiger partial charge in [-0.05, 0) is 86.1 Å². The van der Waals surface area contributed by atoms with Crippen molar-refractivity contribution in [1.29, 1.82) is 0 Å². The van der Waals surface area contributed by atoms with Gasteiger partial charge in [-0.3, -0.25) is 4.79 Å². The second-order valence-electron chi connectivity index (χ2n) is 8.08. The minimum Gasteiger partial charge on any atom is -0.508 e. The Morgan fingerprint density at radius 3 is 2.71 bits per heavy atom. The van der Waals surface area contributed by atoms with Gasteiger partial charge in [0.1, 0.15) is 11.5 Å². The molecule has 5 atom stereocenters. The summed E-state index contributed by atoms with van der Waals surface area (Å²) in [6.07, 6.45) is 6.41. The topological polar surface area (TPSA) is 49.3 Å². The Labute approximate surface area is 144 Å². The monoisotopic (exact) mass is 327 g/mol. The maximum Gasteiger partial charge on any atom is 0.140 e. The van der Waals surface area contributed by atoms with Crippen LogP contribution in [-0.2, 0) is 17.6 Å². The number of ketones is 1. The fourth-order valence-corrected chi connectivity index (χ4v) is 5.92. The third-order valence-corrected chi connectivity index (χ3v) is 7.02. The van der Waals surface area contributed by atoms with Gasteiger partial charge in [0.15, 0.2) is 0 Å². The van der Waals surface area contributed by atoms with E-state index in [1.807, 2.05) is 13.1 Å². The average Bonchev–Trinajstić information content (AvgIpc) is 2.90. The van der Waals surface area contributed by atoms with Gasteiger partial charge in [0, 0.05) is 18.4 Å². The predicted octanol–water partition coefficient (Wildman–Crippen LogP) is 3.44. The van der Waals surface area contributed by atoms with Crippen molar-refractivity contribution in [2.45, 2.75) is 51.4 Å². The number of Topliss-reactive ketones (excluding diaryl/α,β-unsaturated/α-hetero) is 1. The van der Waals surface area contributed by atoms with Crippen LogP contribution in [0.2, 0.25) is 0 Å². The molecular formula is C21H29NO2. The Bertz CT molecular complexity index is 653. The maximum absolute atomic E-state index is 12.7. The summed E-state index contributed by atoms with van der Waals surface area (Å²) < 4.78 is 0. The molecule has 130 valence electrons. The van der Waals surface area contributed by atoms with Crippen LogP contribution in [0.4, 0.5) is 0 Å². The number of nitrogens with one attached hydrogen (secondary N) is 1. The van der Waals surface area contributed by atoms with Gasteiger partial charge in [0.25, 0.3) is 0 Å². The zero-order valence-corrected chi connectivity index (χ0v) is 14.8. The van der Waals surface area contributed by atoms with Crippen LogP contribution in [-0.4, -0.2) is 24.5 Å². The Hall–Kier alpha value is -1.35. The van der Waals surface area contributed by atoms with Gasteiger partial charge < -0.3 is 10.4 Å². The lowest BCUT2D eigenvalue weighted by Gasteiger charge is -2.43. The molecule has 0 amide bonds. The third-order valence-electron chi connectivity index (χ3n) is 7.02. The van der Waals surface area contributed by atoms with Crippen LogP contribution < -0.4 is 5.32 Å². The van der Waals surface area contributed by atoms with E-state index in [1.165, 1.54) is 17.5 Å². The number of hydrogen-bond donors (Lipinski definition) is 2. The highest BCUT2D eigenvalue weighted by Gasteiger charge is 2.50. The van der Waals surface area contributed by atoms with Crippen LogP contribution in [0.1, 0.15) is 55.2 Å². The van der Waals surface area contributed by atoms with E-state index in [9.17, 15) is 9.90 Å². The van der Waals surface area contributed by atoms with E-state index in [4.69, 9.17) is 0 Å². The Morgan fingerprint density at radius 2 is 1.96 bits per heavy atom. The first-order chi connectivity index (χ1) is 11.6. The standard InChI is InChI=1S/C21H29NO2/c1-3-12-8-18-13(10-20(12)23)4-5-16-15(18)6-7-17-19(16)9-14(11-22-2)21(17)24/h8,10,14-17,19,22-23H,3-7,9,11H2,1-2H3. The number of benzene rings is 1. The number of aromatic hydroxyl groups is 1. The second kappa shape index (κ2) is 6.18. The SMILES string of the molecule is CCc1cc2c(cc1O)CCC1C2CCC2C(=O)C(CNC)CC21. The molecule has 1 aromatic carbocycles. The number of fused-ring (bicyclic) bond motifs is 5. The highest BCUT2D eigenvalue weighted by Crippen LogP contribution is 2.55. The molecule has 0 spiro atoms. The van der Waals surface area contributed by atoms with Gasteiger partial charge in [-0.2, -0.15) is 0 Å². The Balaban J connectivity index is 1.64. The van der Waals surface area contributed by atoms with Crippen molar-refractivity contribution >= 4 is 5.78 Å². The lowest BCUT2D eigenvalue weighted by molar-refractivity contribution is -0.125. The summed E-state index contributed by atoms with van der Waals surface area (Å²) >= 11 is 0. The van der Waals surface area contributed by atoms with Crippen molar-refractivity contribution in [3.63, 3.8) is 0 Å². The van der Waals surface area contributed by atoms with Crippen molar-refractivity contribution < 1.29 is 9.90 Å². The lowest BCUT2D eigenvalue weighted by Crippen LogP contribution is -2.35. The van der Waals surface area contributed by atoms with Crippen LogP contribution in [0.3, 0.4) is 0 Å². The lowest BCUT2D eigenvalue weighted by atomic mass is 9.60. The van der Waals surface area contributed by atoms with E-state index in [0.29, 0.717) is 35.2 Å². The van der Waals surface area contributed by atoms with E-state index >= 15 is 0 Å². The Kier molecular flexibility index (Phi) is 4.16. The van der Waals surface area contributed by atoms with E-state index < -0.39 is 0 Å². The highest BCUT2D eigenvalue weighted by atomic mass is 16.3. The number of aryl methyl sites for hydroxylation is 2. The molecule has 2 fully saturated rings. The predicted molar refractivity (Wildman–Crippen MR) is 95.3 cm³/mol. The molecule has 0 aliphatic heterocycles. The maximum atomic E-state index is 12.7. The molecule has 2 N–H and O–H groups in total. The molecule has 0 aromatic heterocycles. The average molecular weight is 327 g/mol. The van der Waals surface area contributed by atoms with Crippen molar-refractivity contribution in [1.82, 2.24) is 5.32 Å². The summed E-state index contributed by atoms with van der Waals surface area (Å²) in [6.45, 7) is 2.95. The fourth-order valence-electron chi connectivity index (χ4n) is 5.92. The molecule has 5 unspecified atom stereocenters. The molecule has 0 saturated heterocycles. The van der Waals surface area contributed by atoms with Crippen LogP contribution in [0.5, 0.6) is 5.75 Å². The molecule has 4 rings (SSSR count). The first-order valence-corrected chi connectivity index (χ1v) is 9.67. The molecule has 3 heteroatoms. The van der Waals surface area contributed by atoms with E-state index in [1.54, 1.807) is 0 Å². The van der Waals surface area contributed by atoms with Crippen LogP contribution in [0, 0.1) is 23.7 Å². The zero-order chi connectivity index (χ0) is 16.8. The van der Waals surface area contributed by atoms with Crippen molar-refractivity contribution in [3.8, 4) is 5.75 Å². The molecule has 3 aliphatic rings. The zero-order valence-electron chi connectivity index (χ0n) is 14.8. The summed E-state index contributed by atoms with van der Waals surface area (Å²) in [7, 11) is 1.95. The Morgan fingerprint density at radius 1 is 1.17 bits per heavy atom. The number of phenolic OH excluding ortho intramolecular Hbond substituents is 1. The summed E-state index contributed by atoms with van der Waals surface area (Å²) in [5.74, 6) is 3.39. The van der Waals surface area contributed by atoms with E-state index in [0.717, 1.165) is 44.2 Å². The van der Waals surface area contributed by atoms with E-state index in [-0.39, 0.29) is 5.92 Å². The number of hydrogen-bond acceptors (Lipinski definition) is 3. The number of phenols is 1. The molecule has 0 bridgehead atoms. The fraction of sp³-hybridized carbons (Fsp3) is 0.667. The first-order valence-electron chi connectivity index (χ1n) is 9.67. The smallest absolute Gasteiger partial charge is 0.140 e. The van der Waals surface area contributed by atoms with E-state index in [2.05, 4.69) is 18.3 Å². The van der Waals surface area contributed by atoms with Gasteiger partial charge >= 0.3 is 0 Å². The van der Waals surface area contributed by atoms with Gasteiger partial charge in [-0.25, -0.2) is 0 Å². The van der Waals surface area contributed by atoms with Crippen LogP contribution >= 0.6 is 0 Å². The molecule has 24 heavy (non-hydrogen) atoms. The molecule has 2 saturated carbocycles. The number of carbonyl (C=O) groups is 1. The molecule has 1 aromatic rings. The summed E-state index contributed by atoms with van der Waals surface area (Å²) in [6, 6.07) is 4.28. The normalized spacial score (nSPS) is 34.6. The molecule has 0 heterocycles. The largest absolute Gasteiger partial charge is 0.508 e. The number of carbonyl (C=O) groups excluding carboxylic acids is 1. The van der Waals surface area contributed by atoms with Crippen molar-refractivity contribution in [2.24, 2.45) is 23.7 Å². The summed E-state index contributed by atoms with van der Waals surface area (Å²) in [5, 5.41) is 13.4.